The quantitative estimate of drug-likeness (QED) is 0.828. The van der Waals surface area contributed by atoms with Gasteiger partial charge in [0.15, 0.2) is 11.7 Å². The van der Waals surface area contributed by atoms with Crippen LogP contribution < -0.4 is 15.5 Å². The molecule has 1 aromatic rings. The van der Waals surface area contributed by atoms with Crippen molar-refractivity contribution in [1.29, 1.82) is 0 Å². The maximum atomic E-state index is 12.3. The Bertz CT molecular complexity index is 661. The molecule has 2 aliphatic heterocycles. The summed E-state index contributed by atoms with van der Waals surface area (Å²) < 4.78 is 0. The number of carbonyl (C=O) groups is 3. The van der Waals surface area contributed by atoms with E-state index in [2.05, 4.69) is 15.5 Å². The van der Waals surface area contributed by atoms with Crippen LogP contribution in [0.1, 0.15) is 33.1 Å². The van der Waals surface area contributed by atoms with Gasteiger partial charge in [-0.15, -0.1) is 0 Å². The number of rotatable bonds is 3. The second kappa shape index (κ2) is 6.26. The lowest BCUT2D eigenvalue weighted by Gasteiger charge is -2.28. The molecule has 2 N–H and O–H groups in total. The Morgan fingerprint density at radius 3 is 2.29 bits per heavy atom. The Morgan fingerprint density at radius 1 is 1.12 bits per heavy atom. The molecule has 3 rings (SSSR count). The molecule has 6 heteroatoms. The number of anilines is 2. The summed E-state index contributed by atoms with van der Waals surface area (Å²) >= 11 is 0. The van der Waals surface area contributed by atoms with Gasteiger partial charge in [-0.25, -0.2) is 0 Å². The van der Waals surface area contributed by atoms with E-state index in [9.17, 15) is 14.4 Å². The van der Waals surface area contributed by atoms with Crippen molar-refractivity contribution < 1.29 is 14.4 Å². The SMILES string of the molecule is CC1(C)NC(=O)C(C(=O)Nc2ccc(N3CCCCC3)cc2)C1=O. The Labute approximate surface area is 141 Å². The smallest absolute Gasteiger partial charge is 0.244 e. The molecule has 1 unspecified atom stereocenters. The van der Waals surface area contributed by atoms with E-state index in [0.717, 1.165) is 18.8 Å². The molecule has 0 bridgehead atoms. The van der Waals surface area contributed by atoms with Crippen LogP contribution in [0.5, 0.6) is 0 Å². The number of piperidine rings is 1. The molecule has 6 nitrogen and oxygen atoms in total. The predicted molar refractivity (Wildman–Crippen MR) is 91.9 cm³/mol. The first-order valence-electron chi connectivity index (χ1n) is 8.41. The first kappa shape index (κ1) is 16.5. The summed E-state index contributed by atoms with van der Waals surface area (Å²) in [5.74, 6) is -2.78. The van der Waals surface area contributed by atoms with Gasteiger partial charge >= 0.3 is 0 Å². The largest absolute Gasteiger partial charge is 0.372 e. The molecule has 0 aliphatic carbocycles. The van der Waals surface area contributed by atoms with Gasteiger partial charge < -0.3 is 15.5 Å². The fraction of sp³-hybridized carbons (Fsp3) is 0.500. The zero-order valence-corrected chi connectivity index (χ0v) is 14.1. The van der Waals surface area contributed by atoms with Gasteiger partial charge in [-0.2, -0.15) is 0 Å². The van der Waals surface area contributed by atoms with Gasteiger partial charge in [0, 0.05) is 24.5 Å². The van der Waals surface area contributed by atoms with Crippen LogP contribution in [0.3, 0.4) is 0 Å². The molecule has 128 valence electrons. The van der Waals surface area contributed by atoms with Crippen LogP contribution in [0.2, 0.25) is 0 Å². The zero-order valence-electron chi connectivity index (χ0n) is 14.1. The van der Waals surface area contributed by atoms with Crippen molar-refractivity contribution in [1.82, 2.24) is 5.32 Å². The minimum Gasteiger partial charge on any atom is -0.372 e. The van der Waals surface area contributed by atoms with Crippen molar-refractivity contribution in [2.24, 2.45) is 5.92 Å². The fourth-order valence-electron chi connectivity index (χ4n) is 3.28. The summed E-state index contributed by atoms with van der Waals surface area (Å²) in [6.07, 6.45) is 3.68. The van der Waals surface area contributed by atoms with Crippen molar-refractivity contribution in [3.05, 3.63) is 24.3 Å². The Hall–Kier alpha value is -2.37. The topological polar surface area (TPSA) is 78.5 Å². The monoisotopic (exact) mass is 329 g/mol. The number of nitrogens with zero attached hydrogens (tertiary/aromatic N) is 1. The maximum absolute atomic E-state index is 12.3. The summed E-state index contributed by atoms with van der Waals surface area (Å²) in [6, 6.07) is 7.54. The van der Waals surface area contributed by atoms with Crippen molar-refractivity contribution in [3.8, 4) is 0 Å². The number of amides is 2. The van der Waals surface area contributed by atoms with Crippen LogP contribution in [0.25, 0.3) is 0 Å². The Balaban J connectivity index is 1.66. The highest BCUT2D eigenvalue weighted by Crippen LogP contribution is 2.24. The summed E-state index contributed by atoms with van der Waals surface area (Å²) in [6.45, 7) is 5.32. The lowest BCUT2D eigenvalue weighted by atomic mass is 9.94. The molecule has 2 fully saturated rings. The van der Waals surface area contributed by atoms with Crippen molar-refractivity contribution in [2.75, 3.05) is 23.3 Å². The summed E-state index contributed by atoms with van der Waals surface area (Å²) in [5.41, 5.74) is 0.728. The fourth-order valence-corrected chi connectivity index (χ4v) is 3.28. The first-order valence-corrected chi connectivity index (χ1v) is 8.41. The lowest BCUT2D eigenvalue weighted by Crippen LogP contribution is -2.40. The number of Topliss-reactive ketones (excluding diaryl/α,β-unsaturated/α-hetero) is 1. The van der Waals surface area contributed by atoms with Gasteiger partial charge in [0.1, 0.15) is 0 Å². The van der Waals surface area contributed by atoms with Crippen LogP contribution in [-0.2, 0) is 14.4 Å². The van der Waals surface area contributed by atoms with E-state index in [1.165, 1.54) is 19.3 Å². The molecular formula is C18H23N3O3. The number of ketones is 1. The molecule has 2 heterocycles. The number of benzene rings is 1. The van der Waals surface area contributed by atoms with Crippen LogP contribution in [0.4, 0.5) is 11.4 Å². The van der Waals surface area contributed by atoms with E-state index in [-0.39, 0.29) is 0 Å². The van der Waals surface area contributed by atoms with Crippen molar-refractivity contribution >= 4 is 29.0 Å². The van der Waals surface area contributed by atoms with E-state index < -0.39 is 29.1 Å². The van der Waals surface area contributed by atoms with E-state index in [0.29, 0.717) is 5.69 Å². The highest BCUT2D eigenvalue weighted by Gasteiger charge is 2.50. The normalized spacial score (nSPS) is 23.1. The van der Waals surface area contributed by atoms with Crippen molar-refractivity contribution in [2.45, 2.75) is 38.6 Å². The molecule has 0 spiro atoms. The number of carbonyl (C=O) groups excluding carboxylic acids is 3. The Morgan fingerprint density at radius 2 is 1.75 bits per heavy atom. The van der Waals surface area contributed by atoms with Crippen molar-refractivity contribution in [3.63, 3.8) is 0 Å². The molecule has 2 amide bonds. The molecule has 2 aliphatic rings. The van der Waals surface area contributed by atoms with Gasteiger partial charge in [-0.3, -0.25) is 14.4 Å². The molecule has 0 radical (unpaired) electrons. The average molecular weight is 329 g/mol. The first-order chi connectivity index (χ1) is 11.4. The second-order valence-electron chi connectivity index (χ2n) is 7.00. The van der Waals surface area contributed by atoms with Gasteiger partial charge in [0.05, 0.1) is 5.54 Å². The summed E-state index contributed by atoms with van der Waals surface area (Å²) in [7, 11) is 0. The second-order valence-corrected chi connectivity index (χ2v) is 7.00. The molecule has 1 atom stereocenters. The summed E-state index contributed by atoms with van der Waals surface area (Å²) in [5, 5.41) is 5.23. The minimum atomic E-state index is -1.28. The van der Waals surface area contributed by atoms with Gasteiger partial charge in [0.25, 0.3) is 0 Å². The number of hydrogen-bond donors (Lipinski definition) is 2. The van der Waals surface area contributed by atoms with E-state index in [1.54, 1.807) is 13.8 Å². The van der Waals surface area contributed by atoms with Gasteiger partial charge in [-0.1, -0.05) is 0 Å². The van der Waals surface area contributed by atoms with E-state index >= 15 is 0 Å². The molecular weight excluding hydrogens is 306 g/mol. The maximum Gasteiger partial charge on any atom is 0.244 e. The standard InChI is InChI=1S/C18H23N3O3/c1-18(2)15(22)14(17(24)20-18)16(23)19-12-6-8-13(9-7-12)21-10-4-3-5-11-21/h6-9,14H,3-5,10-11H2,1-2H3,(H,19,23)(H,20,24). The molecule has 0 saturated carbocycles. The van der Waals surface area contributed by atoms with E-state index in [1.807, 2.05) is 24.3 Å². The third-order valence-corrected chi connectivity index (χ3v) is 4.69. The molecule has 1 aromatic carbocycles. The van der Waals surface area contributed by atoms with Gasteiger partial charge in [0.2, 0.25) is 11.8 Å². The third-order valence-electron chi connectivity index (χ3n) is 4.69. The molecule has 0 aromatic heterocycles. The minimum absolute atomic E-state index is 0.394. The predicted octanol–water partition coefficient (Wildman–Crippen LogP) is 1.71. The lowest BCUT2D eigenvalue weighted by molar-refractivity contribution is -0.135. The molecule has 2 saturated heterocycles. The highest BCUT2D eigenvalue weighted by molar-refractivity contribution is 6.27. The average Bonchev–Trinajstić information content (AvgIpc) is 2.76. The van der Waals surface area contributed by atoms with E-state index in [4.69, 9.17) is 0 Å². The highest BCUT2D eigenvalue weighted by atomic mass is 16.2. The van der Waals surface area contributed by atoms with Crippen LogP contribution in [-0.4, -0.2) is 36.2 Å². The third kappa shape index (κ3) is 3.13. The zero-order chi connectivity index (χ0) is 17.3. The number of nitrogens with one attached hydrogen (secondary N) is 2. The number of hydrogen-bond acceptors (Lipinski definition) is 4. The van der Waals surface area contributed by atoms with Crippen LogP contribution in [0, 0.1) is 5.92 Å². The summed E-state index contributed by atoms with van der Waals surface area (Å²) in [4.78, 5) is 38.7. The van der Waals surface area contributed by atoms with Crippen LogP contribution >= 0.6 is 0 Å². The van der Waals surface area contributed by atoms with Crippen LogP contribution in [0.15, 0.2) is 24.3 Å². The Kier molecular flexibility index (Phi) is 4.30. The van der Waals surface area contributed by atoms with Gasteiger partial charge in [-0.05, 0) is 57.4 Å². The molecule has 24 heavy (non-hydrogen) atoms.